The van der Waals surface area contributed by atoms with Crippen LogP contribution in [-0.2, 0) is 12.8 Å². The number of hydrogen-bond donors (Lipinski definition) is 1. The van der Waals surface area contributed by atoms with Gasteiger partial charge < -0.3 is 5.11 Å². The molecule has 19 heavy (non-hydrogen) atoms. The van der Waals surface area contributed by atoms with Gasteiger partial charge in [-0.15, -0.1) is 11.3 Å². The number of thiophene rings is 1. The summed E-state index contributed by atoms with van der Waals surface area (Å²) in [7, 11) is 0. The van der Waals surface area contributed by atoms with Gasteiger partial charge in [0.15, 0.2) is 0 Å². The van der Waals surface area contributed by atoms with Crippen LogP contribution in [0, 0.1) is 12.7 Å². The third-order valence-corrected chi connectivity index (χ3v) is 5.10. The third kappa shape index (κ3) is 2.45. The molecule has 1 atom stereocenters. The van der Waals surface area contributed by atoms with Gasteiger partial charge in [-0.3, -0.25) is 0 Å². The second-order valence-corrected chi connectivity index (χ2v) is 6.38. The van der Waals surface area contributed by atoms with Gasteiger partial charge in [0.1, 0.15) is 11.9 Å². The van der Waals surface area contributed by atoms with E-state index in [1.165, 1.54) is 35.4 Å². The molecule has 1 aromatic carbocycles. The number of aliphatic hydroxyl groups excluding tert-OH is 1. The summed E-state index contributed by atoms with van der Waals surface area (Å²) in [6.07, 6.45) is 4.12. The van der Waals surface area contributed by atoms with Gasteiger partial charge >= 0.3 is 0 Å². The lowest BCUT2D eigenvalue weighted by atomic mass is 9.97. The molecule has 3 rings (SSSR count). The van der Waals surface area contributed by atoms with E-state index >= 15 is 0 Å². The lowest BCUT2D eigenvalue weighted by Gasteiger charge is -2.12. The van der Waals surface area contributed by atoms with Crippen LogP contribution in [0.25, 0.3) is 0 Å². The Kier molecular flexibility index (Phi) is 3.42. The summed E-state index contributed by atoms with van der Waals surface area (Å²) in [5, 5.41) is 10.5. The Morgan fingerprint density at radius 1 is 1.21 bits per heavy atom. The van der Waals surface area contributed by atoms with Crippen LogP contribution in [0.5, 0.6) is 0 Å². The van der Waals surface area contributed by atoms with Crippen molar-refractivity contribution in [3.8, 4) is 0 Å². The van der Waals surface area contributed by atoms with Crippen molar-refractivity contribution in [2.45, 2.75) is 38.7 Å². The van der Waals surface area contributed by atoms with E-state index in [1.807, 2.05) is 6.92 Å². The monoisotopic (exact) mass is 276 g/mol. The maximum Gasteiger partial charge on any atom is 0.123 e. The van der Waals surface area contributed by atoms with Gasteiger partial charge in [-0.05, 0) is 67.5 Å². The maximum atomic E-state index is 13.1. The van der Waals surface area contributed by atoms with Crippen molar-refractivity contribution < 1.29 is 9.50 Å². The number of benzene rings is 1. The van der Waals surface area contributed by atoms with E-state index in [2.05, 4.69) is 6.07 Å². The molecule has 0 saturated heterocycles. The molecule has 1 aliphatic carbocycles. The number of aryl methyl sites for hydroxylation is 3. The Hall–Kier alpha value is -1.19. The van der Waals surface area contributed by atoms with E-state index in [1.54, 1.807) is 17.4 Å². The van der Waals surface area contributed by atoms with E-state index in [9.17, 15) is 9.50 Å². The lowest BCUT2D eigenvalue weighted by molar-refractivity contribution is 0.223. The first kappa shape index (κ1) is 12.8. The summed E-state index contributed by atoms with van der Waals surface area (Å²) in [5.41, 5.74) is 3.00. The first-order valence-corrected chi connectivity index (χ1v) is 7.52. The predicted octanol–water partition coefficient (Wildman–Crippen LogP) is 4.16. The maximum absolute atomic E-state index is 13.1. The first-order chi connectivity index (χ1) is 9.15. The second-order valence-electron chi connectivity index (χ2n) is 5.21. The molecule has 1 aromatic heterocycles. The summed E-state index contributed by atoms with van der Waals surface area (Å²) in [6.45, 7) is 1.84. The zero-order valence-electron chi connectivity index (χ0n) is 10.9. The van der Waals surface area contributed by atoms with Crippen molar-refractivity contribution in [3.63, 3.8) is 0 Å². The van der Waals surface area contributed by atoms with Crippen LogP contribution < -0.4 is 0 Å². The largest absolute Gasteiger partial charge is 0.383 e. The van der Waals surface area contributed by atoms with E-state index in [4.69, 9.17) is 0 Å². The predicted molar refractivity (Wildman–Crippen MR) is 76.2 cm³/mol. The molecule has 0 bridgehead atoms. The van der Waals surface area contributed by atoms with Gasteiger partial charge in [-0.2, -0.15) is 0 Å². The topological polar surface area (TPSA) is 20.2 Å². The Morgan fingerprint density at radius 2 is 2.00 bits per heavy atom. The normalized spacial score (nSPS) is 16.2. The van der Waals surface area contributed by atoms with E-state index in [0.29, 0.717) is 0 Å². The molecule has 3 heteroatoms. The van der Waals surface area contributed by atoms with Crippen LogP contribution in [-0.4, -0.2) is 5.11 Å². The van der Waals surface area contributed by atoms with Gasteiger partial charge in [0, 0.05) is 9.75 Å². The number of halogens is 1. The molecule has 100 valence electrons. The molecule has 0 saturated carbocycles. The number of hydrogen-bond acceptors (Lipinski definition) is 2. The zero-order valence-corrected chi connectivity index (χ0v) is 11.8. The molecule has 0 aliphatic heterocycles. The fraction of sp³-hybridized carbons (Fsp3) is 0.375. The average molecular weight is 276 g/mol. The van der Waals surface area contributed by atoms with Gasteiger partial charge in [0.25, 0.3) is 0 Å². The molecule has 1 nitrogen and oxygen atoms in total. The molecule has 0 radical (unpaired) electrons. The molecule has 2 aromatic rings. The molecule has 1 aliphatic rings. The van der Waals surface area contributed by atoms with Crippen LogP contribution in [0.2, 0.25) is 0 Å². The van der Waals surface area contributed by atoms with E-state index in [0.717, 1.165) is 28.8 Å². The summed E-state index contributed by atoms with van der Waals surface area (Å²) in [4.78, 5) is 2.40. The third-order valence-electron chi connectivity index (χ3n) is 3.81. The van der Waals surface area contributed by atoms with Crippen molar-refractivity contribution in [2.24, 2.45) is 0 Å². The van der Waals surface area contributed by atoms with Crippen LogP contribution in [0.4, 0.5) is 4.39 Å². The highest BCUT2D eigenvalue weighted by atomic mass is 32.1. The van der Waals surface area contributed by atoms with E-state index < -0.39 is 6.10 Å². The van der Waals surface area contributed by atoms with Crippen LogP contribution in [0.1, 0.15) is 45.4 Å². The minimum absolute atomic E-state index is 0.251. The fourth-order valence-electron chi connectivity index (χ4n) is 2.75. The van der Waals surface area contributed by atoms with E-state index in [-0.39, 0.29) is 5.82 Å². The first-order valence-electron chi connectivity index (χ1n) is 6.71. The van der Waals surface area contributed by atoms with Gasteiger partial charge in [-0.25, -0.2) is 4.39 Å². The van der Waals surface area contributed by atoms with Gasteiger partial charge in [0.2, 0.25) is 0 Å². The standard InChI is InChI=1S/C16H17FOS/c1-10-8-12(17)6-7-13(10)16(18)15-9-11-4-2-3-5-14(11)19-15/h6-9,16,18H,2-5H2,1H3. The minimum Gasteiger partial charge on any atom is -0.383 e. The highest BCUT2D eigenvalue weighted by Crippen LogP contribution is 2.36. The SMILES string of the molecule is Cc1cc(F)ccc1C(O)c1cc2c(s1)CCCC2. The van der Waals surface area contributed by atoms with Crippen molar-refractivity contribution in [2.75, 3.05) is 0 Å². The molecule has 0 spiro atoms. The van der Waals surface area contributed by atoms with Crippen molar-refractivity contribution in [1.82, 2.24) is 0 Å². The average Bonchev–Trinajstić information content (AvgIpc) is 2.81. The Morgan fingerprint density at radius 3 is 2.74 bits per heavy atom. The van der Waals surface area contributed by atoms with Gasteiger partial charge in [0.05, 0.1) is 0 Å². The number of aliphatic hydroxyl groups is 1. The minimum atomic E-state index is -0.629. The van der Waals surface area contributed by atoms with Gasteiger partial charge in [-0.1, -0.05) is 6.07 Å². The number of fused-ring (bicyclic) bond motifs is 1. The van der Waals surface area contributed by atoms with Crippen molar-refractivity contribution >= 4 is 11.3 Å². The second kappa shape index (κ2) is 5.06. The summed E-state index contributed by atoms with van der Waals surface area (Å²) in [6, 6.07) is 6.71. The zero-order chi connectivity index (χ0) is 13.4. The van der Waals surface area contributed by atoms with Crippen LogP contribution >= 0.6 is 11.3 Å². The molecule has 0 fully saturated rings. The highest BCUT2D eigenvalue weighted by molar-refractivity contribution is 7.12. The molecule has 1 heterocycles. The Balaban J connectivity index is 1.94. The smallest absolute Gasteiger partial charge is 0.123 e. The Bertz CT molecular complexity index is 579. The summed E-state index contributed by atoms with van der Waals surface area (Å²) < 4.78 is 13.1. The molecular formula is C16H17FOS. The molecular weight excluding hydrogens is 259 g/mol. The number of rotatable bonds is 2. The molecule has 0 amide bonds. The molecule has 1 N–H and O–H groups in total. The quantitative estimate of drug-likeness (QED) is 0.873. The molecule has 1 unspecified atom stereocenters. The van der Waals surface area contributed by atoms with Crippen LogP contribution in [0.15, 0.2) is 24.3 Å². The summed E-state index contributed by atoms with van der Waals surface area (Å²) in [5.74, 6) is -0.251. The fourth-order valence-corrected chi connectivity index (χ4v) is 4.01. The van der Waals surface area contributed by atoms with Crippen LogP contribution in [0.3, 0.4) is 0 Å². The lowest BCUT2D eigenvalue weighted by Crippen LogP contribution is -2.00. The Labute approximate surface area is 116 Å². The van der Waals surface area contributed by atoms with Crippen molar-refractivity contribution in [3.05, 3.63) is 56.5 Å². The summed E-state index contributed by atoms with van der Waals surface area (Å²) >= 11 is 1.71. The highest BCUT2D eigenvalue weighted by Gasteiger charge is 2.20. The van der Waals surface area contributed by atoms with Crippen molar-refractivity contribution in [1.29, 1.82) is 0 Å².